The molecule has 2 unspecified atom stereocenters. The van der Waals surface area contributed by atoms with Gasteiger partial charge in [-0.05, 0) is 31.0 Å². The van der Waals surface area contributed by atoms with Gasteiger partial charge in [-0.3, -0.25) is 4.79 Å². The monoisotopic (exact) mass is 311 g/mol. The Hall–Kier alpha value is -1.56. The molecule has 1 fully saturated rings. The lowest BCUT2D eigenvalue weighted by atomic mass is 10.0. The molecule has 2 atom stereocenters. The fourth-order valence-corrected chi connectivity index (χ4v) is 4.31. The van der Waals surface area contributed by atoms with E-state index in [9.17, 15) is 13.2 Å². The molecule has 1 amide bonds. The minimum Gasteiger partial charge on any atom is -0.497 e. The van der Waals surface area contributed by atoms with Crippen LogP contribution in [0.4, 0.5) is 0 Å². The Balaban J connectivity index is 2.07. The Morgan fingerprint density at radius 1 is 1.33 bits per heavy atom. The molecule has 0 aromatic heterocycles. The number of methoxy groups -OCH3 is 1. The van der Waals surface area contributed by atoms with Crippen molar-refractivity contribution in [3.05, 3.63) is 29.8 Å². The van der Waals surface area contributed by atoms with E-state index in [4.69, 9.17) is 4.74 Å². The van der Waals surface area contributed by atoms with Crippen LogP contribution in [0.5, 0.6) is 5.75 Å². The first-order valence-electron chi connectivity index (χ1n) is 6.95. The molecule has 1 aliphatic rings. The van der Waals surface area contributed by atoms with Gasteiger partial charge in [0, 0.05) is 7.05 Å². The first kappa shape index (κ1) is 15.8. The molecule has 116 valence electrons. The number of hydrogen-bond acceptors (Lipinski definition) is 4. The summed E-state index contributed by atoms with van der Waals surface area (Å²) in [5, 5.41) is 0. The van der Waals surface area contributed by atoms with Crippen LogP contribution in [0.25, 0.3) is 0 Å². The van der Waals surface area contributed by atoms with Gasteiger partial charge in [0.15, 0.2) is 9.84 Å². The van der Waals surface area contributed by atoms with Crippen molar-refractivity contribution in [1.29, 1.82) is 0 Å². The highest BCUT2D eigenvalue weighted by Crippen LogP contribution is 2.26. The van der Waals surface area contributed by atoms with Gasteiger partial charge in [-0.25, -0.2) is 8.42 Å². The van der Waals surface area contributed by atoms with Crippen molar-refractivity contribution >= 4 is 15.7 Å². The van der Waals surface area contributed by atoms with Crippen LogP contribution in [0.15, 0.2) is 24.3 Å². The van der Waals surface area contributed by atoms with Crippen molar-refractivity contribution in [2.75, 3.05) is 25.7 Å². The van der Waals surface area contributed by atoms with Crippen molar-refractivity contribution in [2.45, 2.75) is 19.4 Å². The van der Waals surface area contributed by atoms with E-state index in [-0.39, 0.29) is 23.5 Å². The van der Waals surface area contributed by atoms with Crippen molar-refractivity contribution < 1.29 is 17.9 Å². The number of amides is 1. The van der Waals surface area contributed by atoms with Gasteiger partial charge in [-0.1, -0.05) is 12.1 Å². The fraction of sp³-hybridized carbons (Fsp3) is 0.533. The molecular weight excluding hydrogens is 290 g/mol. The molecule has 0 spiro atoms. The number of nitrogens with zero attached hydrogens (tertiary/aromatic N) is 1. The van der Waals surface area contributed by atoms with Crippen LogP contribution in [0.3, 0.4) is 0 Å². The van der Waals surface area contributed by atoms with E-state index in [0.717, 1.165) is 11.3 Å². The lowest BCUT2D eigenvalue weighted by molar-refractivity contribution is -0.135. The van der Waals surface area contributed by atoms with Gasteiger partial charge in [-0.15, -0.1) is 0 Å². The number of benzene rings is 1. The molecule has 1 aliphatic heterocycles. The Morgan fingerprint density at radius 3 is 2.43 bits per heavy atom. The average Bonchev–Trinajstić information content (AvgIpc) is 2.85. The van der Waals surface area contributed by atoms with E-state index >= 15 is 0 Å². The van der Waals surface area contributed by atoms with Crippen LogP contribution >= 0.6 is 0 Å². The number of ether oxygens (including phenoxy) is 1. The van der Waals surface area contributed by atoms with E-state index in [1.165, 1.54) is 0 Å². The first-order chi connectivity index (χ1) is 9.84. The lowest BCUT2D eigenvalue weighted by Crippen LogP contribution is -2.35. The van der Waals surface area contributed by atoms with Crippen molar-refractivity contribution in [3.63, 3.8) is 0 Å². The molecule has 21 heavy (non-hydrogen) atoms. The first-order valence-corrected chi connectivity index (χ1v) is 8.77. The summed E-state index contributed by atoms with van der Waals surface area (Å²) in [6, 6.07) is 7.43. The predicted octanol–water partition coefficient (Wildman–Crippen LogP) is 1.65. The summed E-state index contributed by atoms with van der Waals surface area (Å²) in [7, 11) is 0.293. The third-order valence-electron chi connectivity index (χ3n) is 4.11. The predicted molar refractivity (Wildman–Crippen MR) is 80.9 cm³/mol. The SMILES string of the molecule is COc1ccc(C(C)N(C)C(=O)C2CCS(=O)(=O)C2)cc1. The van der Waals surface area contributed by atoms with Crippen LogP contribution in [-0.2, 0) is 14.6 Å². The number of rotatable bonds is 4. The molecule has 0 bridgehead atoms. The number of carbonyl (C=O) groups is 1. The third-order valence-corrected chi connectivity index (χ3v) is 5.88. The number of carbonyl (C=O) groups excluding carboxylic acids is 1. The Bertz CT molecular complexity index is 609. The molecule has 1 aromatic rings. The van der Waals surface area contributed by atoms with Gasteiger partial charge in [-0.2, -0.15) is 0 Å². The smallest absolute Gasteiger partial charge is 0.226 e. The maximum atomic E-state index is 12.4. The summed E-state index contributed by atoms with van der Waals surface area (Å²) in [5.41, 5.74) is 0.993. The summed E-state index contributed by atoms with van der Waals surface area (Å²) in [5.74, 6) is 0.363. The minimum absolute atomic E-state index is 0.0223. The molecule has 2 rings (SSSR count). The zero-order chi connectivity index (χ0) is 15.6. The van der Waals surface area contributed by atoms with Crippen LogP contribution in [0.1, 0.15) is 24.9 Å². The molecule has 1 heterocycles. The van der Waals surface area contributed by atoms with Crippen LogP contribution < -0.4 is 4.74 Å². The maximum absolute atomic E-state index is 12.4. The second kappa shape index (κ2) is 6.05. The molecule has 6 heteroatoms. The van der Waals surface area contributed by atoms with Crippen molar-refractivity contribution in [3.8, 4) is 5.75 Å². The number of hydrogen-bond donors (Lipinski definition) is 0. The third kappa shape index (κ3) is 3.56. The number of sulfone groups is 1. The van der Waals surface area contributed by atoms with Gasteiger partial charge in [0.1, 0.15) is 5.75 Å². The lowest BCUT2D eigenvalue weighted by Gasteiger charge is -2.27. The van der Waals surface area contributed by atoms with E-state index in [1.54, 1.807) is 19.1 Å². The molecule has 5 nitrogen and oxygen atoms in total. The summed E-state index contributed by atoms with van der Waals surface area (Å²) < 4.78 is 28.1. The second-order valence-electron chi connectivity index (χ2n) is 5.50. The molecule has 1 aromatic carbocycles. The van der Waals surface area contributed by atoms with E-state index in [0.29, 0.717) is 6.42 Å². The summed E-state index contributed by atoms with van der Waals surface area (Å²) in [4.78, 5) is 14.0. The zero-order valence-electron chi connectivity index (χ0n) is 12.6. The largest absolute Gasteiger partial charge is 0.497 e. The van der Waals surface area contributed by atoms with Crippen LogP contribution in [0.2, 0.25) is 0 Å². The quantitative estimate of drug-likeness (QED) is 0.848. The highest BCUT2D eigenvalue weighted by molar-refractivity contribution is 7.91. The highest BCUT2D eigenvalue weighted by Gasteiger charge is 2.35. The Morgan fingerprint density at radius 2 is 1.95 bits per heavy atom. The van der Waals surface area contributed by atoms with Crippen LogP contribution in [0, 0.1) is 5.92 Å². The van der Waals surface area contributed by atoms with E-state index < -0.39 is 15.8 Å². The molecule has 0 aliphatic carbocycles. The average molecular weight is 311 g/mol. The Labute approximate surface area is 125 Å². The van der Waals surface area contributed by atoms with E-state index in [2.05, 4.69) is 0 Å². The summed E-state index contributed by atoms with van der Waals surface area (Å²) >= 11 is 0. The van der Waals surface area contributed by atoms with Gasteiger partial charge in [0.05, 0.1) is 30.6 Å². The van der Waals surface area contributed by atoms with Gasteiger partial charge >= 0.3 is 0 Å². The zero-order valence-corrected chi connectivity index (χ0v) is 13.4. The Kier molecular flexibility index (Phi) is 4.56. The van der Waals surface area contributed by atoms with E-state index in [1.807, 2.05) is 31.2 Å². The minimum atomic E-state index is -3.04. The maximum Gasteiger partial charge on any atom is 0.226 e. The molecule has 1 saturated heterocycles. The van der Waals surface area contributed by atoms with Crippen LogP contribution in [-0.4, -0.2) is 44.9 Å². The topological polar surface area (TPSA) is 63.7 Å². The fourth-order valence-electron chi connectivity index (χ4n) is 2.57. The molecule has 0 saturated carbocycles. The molecular formula is C15H21NO4S. The van der Waals surface area contributed by atoms with Gasteiger partial charge in [0.25, 0.3) is 0 Å². The van der Waals surface area contributed by atoms with Gasteiger partial charge < -0.3 is 9.64 Å². The van der Waals surface area contributed by atoms with Gasteiger partial charge in [0.2, 0.25) is 5.91 Å². The van der Waals surface area contributed by atoms with Crippen molar-refractivity contribution in [1.82, 2.24) is 4.90 Å². The summed E-state index contributed by atoms with van der Waals surface area (Å²) in [6.07, 6.45) is 0.431. The summed E-state index contributed by atoms with van der Waals surface area (Å²) in [6.45, 7) is 1.93. The normalized spacial score (nSPS) is 21.8. The highest BCUT2D eigenvalue weighted by atomic mass is 32.2. The standard InChI is InChI=1S/C15H21NO4S/c1-11(12-4-6-14(20-3)7-5-12)16(2)15(17)13-8-9-21(18,19)10-13/h4-7,11,13H,8-10H2,1-3H3. The molecule has 0 radical (unpaired) electrons. The second-order valence-corrected chi connectivity index (χ2v) is 7.73. The molecule has 0 N–H and O–H groups in total. The van der Waals surface area contributed by atoms with Crippen molar-refractivity contribution in [2.24, 2.45) is 5.92 Å².